The number of esters is 1. The Labute approximate surface area is 125 Å². The number of ether oxygens (including phenoxy) is 1. The van der Waals surface area contributed by atoms with Gasteiger partial charge in [0.2, 0.25) is 10.0 Å². The molecule has 112 valence electrons. The first-order valence-corrected chi connectivity index (χ1v) is 8.02. The van der Waals surface area contributed by atoms with E-state index in [4.69, 9.17) is 0 Å². The van der Waals surface area contributed by atoms with Crippen molar-refractivity contribution < 1.29 is 22.3 Å². The van der Waals surface area contributed by atoms with Crippen molar-refractivity contribution in [2.24, 2.45) is 5.92 Å². The molecule has 8 heteroatoms. The van der Waals surface area contributed by atoms with Gasteiger partial charge in [0, 0.05) is 0 Å². The molecule has 5 nitrogen and oxygen atoms in total. The van der Waals surface area contributed by atoms with Crippen molar-refractivity contribution in [3.63, 3.8) is 0 Å². The summed E-state index contributed by atoms with van der Waals surface area (Å²) in [6, 6.07) is 2.37. The Balaban J connectivity index is 3.09. The SMILES string of the molecule is COC(=O)C(NS(=O)(=O)c1ccc(Br)c(F)c1)C(C)C. The lowest BCUT2D eigenvalue weighted by Crippen LogP contribution is -2.44. The molecule has 1 aromatic rings. The van der Waals surface area contributed by atoms with Crippen molar-refractivity contribution in [3.05, 3.63) is 28.5 Å². The Hall–Kier alpha value is -0.990. The van der Waals surface area contributed by atoms with E-state index in [-0.39, 0.29) is 15.3 Å². The van der Waals surface area contributed by atoms with Crippen LogP contribution in [0.4, 0.5) is 4.39 Å². The monoisotopic (exact) mass is 367 g/mol. The van der Waals surface area contributed by atoms with Crippen LogP contribution in [0.3, 0.4) is 0 Å². The molecule has 0 bridgehead atoms. The van der Waals surface area contributed by atoms with Crippen LogP contribution in [0.1, 0.15) is 13.8 Å². The summed E-state index contributed by atoms with van der Waals surface area (Å²) in [6.45, 7) is 3.35. The Kier molecular flexibility index (Phi) is 5.67. The Morgan fingerprint density at radius 1 is 1.40 bits per heavy atom. The summed E-state index contributed by atoms with van der Waals surface area (Å²) in [7, 11) is -2.84. The highest BCUT2D eigenvalue weighted by Crippen LogP contribution is 2.20. The second-order valence-corrected chi connectivity index (χ2v) is 7.01. The zero-order chi connectivity index (χ0) is 15.5. The minimum Gasteiger partial charge on any atom is -0.468 e. The van der Waals surface area contributed by atoms with Crippen LogP contribution in [0.25, 0.3) is 0 Å². The van der Waals surface area contributed by atoms with E-state index in [1.807, 2.05) is 0 Å². The van der Waals surface area contributed by atoms with E-state index in [2.05, 4.69) is 25.4 Å². The van der Waals surface area contributed by atoms with Crippen molar-refractivity contribution in [2.45, 2.75) is 24.8 Å². The van der Waals surface area contributed by atoms with Crippen molar-refractivity contribution in [3.8, 4) is 0 Å². The number of hydrogen-bond donors (Lipinski definition) is 1. The summed E-state index contributed by atoms with van der Waals surface area (Å²) >= 11 is 2.94. The first-order chi connectivity index (χ1) is 9.19. The average molecular weight is 368 g/mol. The highest BCUT2D eigenvalue weighted by atomic mass is 79.9. The molecule has 1 aromatic carbocycles. The molecule has 0 aromatic heterocycles. The van der Waals surface area contributed by atoms with E-state index in [1.54, 1.807) is 13.8 Å². The summed E-state index contributed by atoms with van der Waals surface area (Å²) in [4.78, 5) is 11.3. The molecule has 1 unspecified atom stereocenters. The second-order valence-electron chi connectivity index (χ2n) is 4.44. The molecule has 20 heavy (non-hydrogen) atoms. The fourth-order valence-electron chi connectivity index (χ4n) is 1.46. The third kappa shape index (κ3) is 4.00. The van der Waals surface area contributed by atoms with Gasteiger partial charge in [0.05, 0.1) is 16.5 Å². The van der Waals surface area contributed by atoms with Gasteiger partial charge in [-0.25, -0.2) is 12.8 Å². The number of carbonyl (C=O) groups excluding carboxylic acids is 1. The van der Waals surface area contributed by atoms with Crippen LogP contribution in [0.5, 0.6) is 0 Å². The van der Waals surface area contributed by atoms with Crippen molar-refractivity contribution in [1.82, 2.24) is 4.72 Å². The number of nitrogens with one attached hydrogen (secondary N) is 1. The molecule has 0 aliphatic rings. The molecule has 1 atom stereocenters. The van der Waals surface area contributed by atoms with Gasteiger partial charge in [0.15, 0.2) is 0 Å². The van der Waals surface area contributed by atoms with Gasteiger partial charge in [-0.05, 0) is 40.0 Å². The lowest BCUT2D eigenvalue weighted by molar-refractivity contribution is -0.143. The van der Waals surface area contributed by atoms with Crippen molar-refractivity contribution in [2.75, 3.05) is 7.11 Å². The summed E-state index contributed by atoms with van der Waals surface area (Å²) in [6.07, 6.45) is 0. The zero-order valence-corrected chi connectivity index (χ0v) is 13.6. The smallest absolute Gasteiger partial charge is 0.324 e. The van der Waals surface area contributed by atoms with Gasteiger partial charge in [0.25, 0.3) is 0 Å². The largest absolute Gasteiger partial charge is 0.468 e. The molecule has 1 N–H and O–H groups in total. The number of carbonyl (C=O) groups is 1. The van der Waals surface area contributed by atoms with E-state index in [0.29, 0.717) is 0 Å². The highest BCUT2D eigenvalue weighted by molar-refractivity contribution is 9.10. The summed E-state index contributed by atoms with van der Waals surface area (Å²) in [5, 5.41) is 0. The van der Waals surface area contributed by atoms with Gasteiger partial charge in [-0.15, -0.1) is 0 Å². The summed E-state index contributed by atoms with van der Waals surface area (Å²) < 4.78 is 44.6. The van der Waals surface area contributed by atoms with Crippen LogP contribution in [-0.4, -0.2) is 27.5 Å². The summed E-state index contributed by atoms with van der Waals surface area (Å²) in [5.74, 6) is -1.70. The maximum Gasteiger partial charge on any atom is 0.324 e. The maximum atomic E-state index is 13.4. The van der Waals surface area contributed by atoms with Crippen molar-refractivity contribution >= 4 is 31.9 Å². The van der Waals surface area contributed by atoms with Gasteiger partial charge in [-0.1, -0.05) is 13.8 Å². The predicted octanol–water partition coefficient (Wildman–Crippen LogP) is 2.06. The topological polar surface area (TPSA) is 72.5 Å². The minimum atomic E-state index is -4.01. The standard InChI is InChI=1S/C12H15BrFNO4S/c1-7(2)11(12(16)19-3)15-20(17,18)8-4-5-9(13)10(14)6-8/h4-7,11,15H,1-3H3. The minimum absolute atomic E-state index is 0.157. The third-order valence-corrected chi connectivity index (χ3v) is 4.69. The number of rotatable bonds is 5. The van der Waals surface area contributed by atoms with Gasteiger partial charge >= 0.3 is 5.97 Å². The summed E-state index contributed by atoms with van der Waals surface area (Å²) in [5.41, 5.74) is 0. The van der Waals surface area contributed by atoms with Gasteiger partial charge in [0.1, 0.15) is 11.9 Å². The fourth-order valence-corrected chi connectivity index (χ4v) is 3.05. The molecule has 0 saturated heterocycles. The molecule has 0 amide bonds. The number of hydrogen-bond acceptors (Lipinski definition) is 4. The lowest BCUT2D eigenvalue weighted by atomic mass is 10.1. The van der Waals surface area contributed by atoms with Crippen LogP contribution in [0.15, 0.2) is 27.6 Å². The van der Waals surface area contributed by atoms with Gasteiger partial charge in [-0.2, -0.15) is 4.72 Å². The maximum absolute atomic E-state index is 13.4. The number of halogens is 2. The Morgan fingerprint density at radius 2 is 2.00 bits per heavy atom. The van der Waals surface area contributed by atoms with Crippen molar-refractivity contribution in [1.29, 1.82) is 0 Å². The number of sulfonamides is 1. The highest BCUT2D eigenvalue weighted by Gasteiger charge is 2.29. The van der Waals surface area contributed by atoms with Crippen LogP contribution >= 0.6 is 15.9 Å². The van der Waals surface area contributed by atoms with Gasteiger partial charge in [-0.3, -0.25) is 4.79 Å². The van der Waals surface area contributed by atoms with E-state index < -0.39 is 27.9 Å². The quantitative estimate of drug-likeness (QED) is 0.808. The number of benzene rings is 1. The predicted molar refractivity (Wildman–Crippen MR) is 75.1 cm³/mol. The first kappa shape index (κ1) is 17.1. The van der Waals surface area contributed by atoms with Gasteiger partial charge < -0.3 is 4.74 Å². The molecule has 0 heterocycles. The Morgan fingerprint density at radius 3 is 2.45 bits per heavy atom. The molecule has 0 spiro atoms. The van der Waals surface area contributed by atoms with E-state index in [9.17, 15) is 17.6 Å². The normalized spacial score (nSPS) is 13.3. The van der Waals surface area contributed by atoms with Crippen LogP contribution < -0.4 is 4.72 Å². The van der Waals surface area contributed by atoms with Crippen LogP contribution in [0.2, 0.25) is 0 Å². The second kappa shape index (κ2) is 6.64. The first-order valence-electron chi connectivity index (χ1n) is 5.74. The molecular weight excluding hydrogens is 353 g/mol. The van der Waals surface area contributed by atoms with Crippen LogP contribution in [0, 0.1) is 11.7 Å². The van der Waals surface area contributed by atoms with E-state index in [0.717, 1.165) is 6.07 Å². The van der Waals surface area contributed by atoms with Crippen LogP contribution in [-0.2, 0) is 19.6 Å². The molecule has 0 radical (unpaired) electrons. The zero-order valence-electron chi connectivity index (χ0n) is 11.2. The molecule has 0 aliphatic carbocycles. The average Bonchev–Trinajstić information content (AvgIpc) is 2.38. The molecule has 0 saturated carbocycles. The third-order valence-electron chi connectivity index (χ3n) is 2.61. The lowest BCUT2D eigenvalue weighted by Gasteiger charge is -2.19. The molecule has 0 aliphatic heterocycles. The molecule has 1 rings (SSSR count). The van der Waals surface area contributed by atoms with E-state index >= 15 is 0 Å². The van der Waals surface area contributed by atoms with E-state index in [1.165, 1.54) is 19.2 Å². The molecular formula is C12H15BrFNO4S. The Bertz CT molecular complexity index is 603. The molecule has 0 fully saturated rings. The fraction of sp³-hybridized carbons (Fsp3) is 0.417. The number of methoxy groups -OCH3 is 1.